The van der Waals surface area contributed by atoms with Gasteiger partial charge in [0.1, 0.15) is 5.82 Å². The maximum absolute atomic E-state index is 4.73. The number of nitrogens with one attached hydrogen (secondary N) is 1. The number of rotatable bonds is 1. The Hall–Kier alpha value is -1.13. The molecule has 2 aromatic rings. The number of hydrogen-bond acceptors (Lipinski definition) is 3. The molecule has 0 atom stereocenters. The Balaban J connectivity index is 2.01. The lowest BCUT2D eigenvalue weighted by atomic mass is 10.2. The number of pyridine rings is 1. The van der Waals surface area contributed by atoms with E-state index in [1.165, 1.54) is 5.39 Å². The molecule has 0 spiro atoms. The lowest BCUT2D eigenvalue weighted by molar-refractivity contribution is 0.585. The Kier molecular flexibility index (Phi) is 2.99. The van der Waals surface area contributed by atoms with Crippen LogP contribution in [0.3, 0.4) is 0 Å². The predicted octanol–water partition coefficient (Wildman–Crippen LogP) is 2.41. The summed E-state index contributed by atoms with van der Waals surface area (Å²) in [5.41, 5.74) is 1.05. The topological polar surface area (TPSA) is 28.2 Å². The fourth-order valence-corrected chi connectivity index (χ4v) is 2.66. The molecule has 3 nitrogen and oxygen atoms in total. The Morgan fingerprint density at radius 1 is 1.12 bits per heavy atom. The first-order chi connectivity index (χ1) is 8.34. The lowest BCUT2D eigenvalue weighted by Gasteiger charge is -2.28. The van der Waals surface area contributed by atoms with Crippen molar-refractivity contribution in [3.63, 3.8) is 0 Å². The van der Waals surface area contributed by atoms with E-state index in [1.807, 2.05) is 6.07 Å². The number of hydrogen-bond donors (Lipinski definition) is 1. The highest BCUT2D eigenvalue weighted by atomic mass is 79.9. The highest BCUT2D eigenvalue weighted by Gasteiger charge is 2.12. The number of halogens is 1. The number of piperazine rings is 1. The summed E-state index contributed by atoms with van der Waals surface area (Å²) in [7, 11) is 0. The van der Waals surface area contributed by atoms with E-state index in [0.717, 1.165) is 42.0 Å². The number of nitrogens with zero attached hydrogens (tertiary/aromatic N) is 2. The Morgan fingerprint density at radius 3 is 2.76 bits per heavy atom. The lowest BCUT2D eigenvalue weighted by Crippen LogP contribution is -2.43. The van der Waals surface area contributed by atoms with Gasteiger partial charge in [0.15, 0.2) is 0 Å². The molecule has 1 saturated heterocycles. The summed E-state index contributed by atoms with van der Waals surface area (Å²) >= 11 is 3.55. The van der Waals surface area contributed by atoms with E-state index in [2.05, 4.69) is 50.4 Å². The Morgan fingerprint density at radius 2 is 1.94 bits per heavy atom. The summed E-state index contributed by atoms with van der Waals surface area (Å²) in [6.07, 6.45) is 0. The van der Waals surface area contributed by atoms with Crippen LogP contribution in [0.4, 0.5) is 5.82 Å². The van der Waals surface area contributed by atoms with E-state index < -0.39 is 0 Å². The molecular weight excluding hydrogens is 278 g/mol. The molecule has 0 amide bonds. The second-order valence-electron chi connectivity index (χ2n) is 4.21. The third-order valence-corrected chi connectivity index (χ3v) is 3.80. The smallest absolute Gasteiger partial charge is 0.129 e. The van der Waals surface area contributed by atoms with Gasteiger partial charge in [-0.15, -0.1) is 0 Å². The van der Waals surface area contributed by atoms with Crippen molar-refractivity contribution >= 4 is 32.7 Å². The second kappa shape index (κ2) is 4.63. The minimum atomic E-state index is 1.03. The van der Waals surface area contributed by atoms with Crippen molar-refractivity contribution in [2.75, 3.05) is 31.1 Å². The van der Waals surface area contributed by atoms with Crippen LogP contribution < -0.4 is 10.2 Å². The maximum atomic E-state index is 4.73. The van der Waals surface area contributed by atoms with Crippen LogP contribution in [-0.4, -0.2) is 31.2 Å². The summed E-state index contributed by atoms with van der Waals surface area (Å²) in [5.74, 6) is 1.08. The summed E-state index contributed by atoms with van der Waals surface area (Å²) in [4.78, 5) is 7.06. The van der Waals surface area contributed by atoms with Crippen LogP contribution in [0.1, 0.15) is 0 Å². The van der Waals surface area contributed by atoms with Gasteiger partial charge in [-0.2, -0.15) is 0 Å². The molecule has 1 fully saturated rings. The number of fused-ring (bicyclic) bond motifs is 1. The van der Waals surface area contributed by atoms with Crippen LogP contribution in [0.25, 0.3) is 10.9 Å². The largest absolute Gasteiger partial charge is 0.354 e. The van der Waals surface area contributed by atoms with Crippen molar-refractivity contribution in [2.24, 2.45) is 0 Å². The first-order valence-corrected chi connectivity index (χ1v) is 6.65. The molecule has 88 valence electrons. The standard InChI is InChI=1S/C13H14BrN3/c14-11-2-1-3-12-10(11)4-5-13(16-12)17-8-6-15-7-9-17/h1-5,15H,6-9H2. The van der Waals surface area contributed by atoms with E-state index in [1.54, 1.807) is 0 Å². The predicted molar refractivity (Wildman–Crippen MR) is 74.5 cm³/mol. The first-order valence-electron chi connectivity index (χ1n) is 5.85. The number of anilines is 1. The summed E-state index contributed by atoms with van der Waals surface area (Å²) in [6, 6.07) is 10.4. The van der Waals surface area contributed by atoms with Gasteiger partial charge in [-0.3, -0.25) is 0 Å². The Labute approximate surface area is 109 Å². The first kappa shape index (κ1) is 11.0. The number of aromatic nitrogens is 1. The van der Waals surface area contributed by atoms with Gasteiger partial charge in [0.05, 0.1) is 5.52 Å². The van der Waals surface area contributed by atoms with Crippen molar-refractivity contribution in [1.29, 1.82) is 0 Å². The molecule has 17 heavy (non-hydrogen) atoms. The van der Waals surface area contributed by atoms with E-state index >= 15 is 0 Å². The van der Waals surface area contributed by atoms with Gasteiger partial charge < -0.3 is 10.2 Å². The zero-order valence-corrected chi connectivity index (χ0v) is 11.1. The third-order valence-electron chi connectivity index (χ3n) is 3.10. The molecule has 1 N–H and O–H groups in total. The van der Waals surface area contributed by atoms with Gasteiger partial charge in [0.2, 0.25) is 0 Å². The summed E-state index contributed by atoms with van der Waals surface area (Å²) in [5, 5.41) is 4.53. The Bertz CT molecular complexity index is 535. The molecule has 3 rings (SSSR count). The molecule has 4 heteroatoms. The molecule has 1 aromatic carbocycles. The molecule has 0 radical (unpaired) electrons. The van der Waals surface area contributed by atoms with E-state index in [0.29, 0.717) is 0 Å². The normalized spacial score (nSPS) is 16.4. The minimum absolute atomic E-state index is 1.03. The summed E-state index contributed by atoms with van der Waals surface area (Å²) in [6.45, 7) is 4.15. The van der Waals surface area contributed by atoms with E-state index in [9.17, 15) is 0 Å². The monoisotopic (exact) mass is 291 g/mol. The van der Waals surface area contributed by atoms with Crippen molar-refractivity contribution < 1.29 is 0 Å². The highest BCUT2D eigenvalue weighted by molar-refractivity contribution is 9.10. The molecule has 1 aliphatic heterocycles. The highest BCUT2D eigenvalue weighted by Crippen LogP contribution is 2.25. The maximum Gasteiger partial charge on any atom is 0.129 e. The van der Waals surface area contributed by atoms with Gasteiger partial charge in [0.25, 0.3) is 0 Å². The quantitative estimate of drug-likeness (QED) is 0.875. The van der Waals surface area contributed by atoms with Gasteiger partial charge in [0, 0.05) is 36.0 Å². The third kappa shape index (κ3) is 2.15. The fourth-order valence-electron chi connectivity index (χ4n) is 2.18. The van der Waals surface area contributed by atoms with Crippen LogP contribution in [0.15, 0.2) is 34.8 Å². The molecule has 0 aliphatic carbocycles. The van der Waals surface area contributed by atoms with E-state index in [4.69, 9.17) is 4.98 Å². The van der Waals surface area contributed by atoms with Crippen molar-refractivity contribution in [3.8, 4) is 0 Å². The molecule has 0 bridgehead atoms. The van der Waals surface area contributed by atoms with E-state index in [-0.39, 0.29) is 0 Å². The average molecular weight is 292 g/mol. The van der Waals surface area contributed by atoms with Gasteiger partial charge in [-0.25, -0.2) is 4.98 Å². The molecule has 1 aromatic heterocycles. The van der Waals surface area contributed by atoms with Crippen LogP contribution in [0, 0.1) is 0 Å². The molecule has 2 heterocycles. The molecule has 1 aliphatic rings. The van der Waals surface area contributed by atoms with Crippen LogP contribution in [0.5, 0.6) is 0 Å². The average Bonchev–Trinajstić information content (AvgIpc) is 2.40. The zero-order valence-electron chi connectivity index (χ0n) is 9.49. The van der Waals surface area contributed by atoms with Gasteiger partial charge in [-0.1, -0.05) is 22.0 Å². The number of benzene rings is 1. The molecule has 0 unspecified atom stereocenters. The summed E-state index contributed by atoms with van der Waals surface area (Å²) < 4.78 is 1.11. The van der Waals surface area contributed by atoms with Crippen LogP contribution in [0.2, 0.25) is 0 Å². The SMILES string of the molecule is Brc1cccc2nc(N3CCNCC3)ccc12. The minimum Gasteiger partial charge on any atom is -0.354 e. The molecule has 0 saturated carbocycles. The van der Waals surface area contributed by atoms with Gasteiger partial charge in [-0.05, 0) is 24.3 Å². The van der Waals surface area contributed by atoms with Crippen LogP contribution in [-0.2, 0) is 0 Å². The van der Waals surface area contributed by atoms with Crippen LogP contribution >= 0.6 is 15.9 Å². The van der Waals surface area contributed by atoms with Crippen molar-refractivity contribution in [2.45, 2.75) is 0 Å². The van der Waals surface area contributed by atoms with Gasteiger partial charge >= 0.3 is 0 Å². The van der Waals surface area contributed by atoms with Crippen molar-refractivity contribution in [3.05, 3.63) is 34.8 Å². The molecular formula is C13H14BrN3. The fraction of sp³-hybridized carbons (Fsp3) is 0.308. The second-order valence-corrected chi connectivity index (χ2v) is 5.07. The van der Waals surface area contributed by atoms with Crippen molar-refractivity contribution in [1.82, 2.24) is 10.3 Å². The zero-order chi connectivity index (χ0) is 11.7.